The normalized spacial score (nSPS) is 26.1. The second kappa shape index (κ2) is 6.26. The summed E-state index contributed by atoms with van der Waals surface area (Å²) in [7, 11) is 0. The van der Waals surface area contributed by atoms with Gasteiger partial charge in [-0.15, -0.1) is 0 Å². The SMILES string of the molecule is O=C1CCCCC1C1CCCN1C(=O)c1ccc(Br)cn1. The number of hydrogen-bond donors (Lipinski definition) is 0. The minimum Gasteiger partial charge on any atom is -0.334 e. The van der Waals surface area contributed by atoms with Gasteiger partial charge < -0.3 is 4.90 Å². The van der Waals surface area contributed by atoms with E-state index < -0.39 is 0 Å². The van der Waals surface area contributed by atoms with Crippen molar-refractivity contribution in [3.8, 4) is 0 Å². The molecule has 4 nitrogen and oxygen atoms in total. The lowest BCUT2D eigenvalue weighted by Crippen LogP contribution is -2.44. The highest BCUT2D eigenvalue weighted by atomic mass is 79.9. The number of halogens is 1. The van der Waals surface area contributed by atoms with Gasteiger partial charge in [-0.1, -0.05) is 6.42 Å². The van der Waals surface area contributed by atoms with Crippen molar-refractivity contribution in [2.45, 2.75) is 44.6 Å². The zero-order chi connectivity index (χ0) is 14.8. The smallest absolute Gasteiger partial charge is 0.272 e. The Labute approximate surface area is 133 Å². The minimum atomic E-state index is -0.0385. The Morgan fingerprint density at radius 2 is 2.10 bits per heavy atom. The lowest BCUT2D eigenvalue weighted by molar-refractivity contribution is -0.126. The second-order valence-electron chi connectivity index (χ2n) is 5.89. The Hall–Kier alpha value is -1.23. The van der Waals surface area contributed by atoms with Gasteiger partial charge in [-0.3, -0.25) is 9.59 Å². The van der Waals surface area contributed by atoms with Crippen LogP contribution in [-0.4, -0.2) is 34.2 Å². The first-order chi connectivity index (χ1) is 10.2. The Bertz CT molecular complexity index is 544. The number of aromatic nitrogens is 1. The Morgan fingerprint density at radius 3 is 2.81 bits per heavy atom. The fourth-order valence-electron chi connectivity index (χ4n) is 3.53. The molecule has 1 amide bonds. The molecule has 21 heavy (non-hydrogen) atoms. The van der Waals surface area contributed by atoms with Crippen molar-refractivity contribution in [1.82, 2.24) is 9.88 Å². The molecule has 1 aliphatic heterocycles. The number of amides is 1. The lowest BCUT2D eigenvalue weighted by atomic mass is 9.82. The van der Waals surface area contributed by atoms with Gasteiger partial charge in [0.15, 0.2) is 0 Å². The molecule has 2 atom stereocenters. The molecule has 112 valence electrons. The number of rotatable bonds is 2. The van der Waals surface area contributed by atoms with Gasteiger partial charge in [-0.25, -0.2) is 4.98 Å². The second-order valence-corrected chi connectivity index (χ2v) is 6.80. The van der Waals surface area contributed by atoms with Gasteiger partial charge in [0.25, 0.3) is 5.91 Å². The van der Waals surface area contributed by atoms with Crippen LogP contribution in [0.3, 0.4) is 0 Å². The number of pyridine rings is 1. The fraction of sp³-hybridized carbons (Fsp3) is 0.562. The first-order valence-corrected chi connectivity index (χ1v) is 8.41. The average molecular weight is 351 g/mol. The van der Waals surface area contributed by atoms with Crippen LogP contribution in [0.4, 0.5) is 0 Å². The van der Waals surface area contributed by atoms with Crippen LogP contribution in [0.15, 0.2) is 22.8 Å². The van der Waals surface area contributed by atoms with E-state index in [0.29, 0.717) is 17.9 Å². The molecule has 2 aliphatic rings. The van der Waals surface area contributed by atoms with E-state index in [2.05, 4.69) is 20.9 Å². The highest BCUT2D eigenvalue weighted by Crippen LogP contribution is 2.33. The molecule has 2 heterocycles. The van der Waals surface area contributed by atoms with E-state index in [9.17, 15) is 9.59 Å². The summed E-state index contributed by atoms with van der Waals surface area (Å²) < 4.78 is 0.861. The van der Waals surface area contributed by atoms with Gasteiger partial charge in [0.1, 0.15) is 11.5 Å². The zero-order valence-electron chi connectivity index (χ0n) is 11.9. The Morgan fingerprint density at radius 1 is 1.24 bits per heavy atom. The van der Waals surface area contributed by atoms with Crippen LogP contribution >= 0.6 is 15.9 Å². The molecule has 0 radical (unpaired) electrons. The maximum atomic E-state index is 12.7. The van der Waals surface area contributed by atoms with E-state index in [4.69, 9.17) is 0 Å². The third-order valence-electron chi connectivity index (χ3n) is 4.57. The molecule has 5 heteroatoms. The minimum absolute atomic E-state index is 0.0385. The molecular weight excluding hydrogens is 332 g/mol. The Kier molecular flexibility index (Phi) is 4.38. The highest BCUT2D eigenvalue weighted by molar-refractivity contribution is 9.10. The van der Waals surface area contributed by atoms with Crippen LogP contribution in [0.25, 0.3) is 0 Å². The first kappa shape index (κ1) is 14.7. The third-order valence-corrected chi connectivity index (χ3v) is 5.04. The molecule has 0 bridgehead atoms. The van der Waals surface area contributed by atoms with E-state index in [1.807, 2.05) is 11.0 Å². The molecule has 1 aromatic heterocycles. The van der Waals surface area contributed by atoms with Crippen LogP contribution in [0, 0.1) is 5.92 Å². The van der Waals surface area contributed by atoms with E-state index in [1.165, 1.54) is 0 Å². The van der Waals surface area contributed by atoms with E-state index in [-0.39, 0.29) is 17.9 Å². The van der Waals surface area contributed by atoms with Crippen LogP contribution in [0.1, 0.15) is 49.0 Å². The van der Waals surface area contributed by atoms with Gasteiger partial charge in [0.05, 0.1) is 0 Å². The van der Waals surface area contributed by atoms with Crippen LogP contribution in [0.2, 0.25) is 0 Å². The van der Waals surface area contributed by atoms with Gasteiger partial charge in [-0.2, -0.15) is 0 Å². The summed E-state index contributed by atoms with van der Waals surface area (Å²) in [5.74, 6) is 0.346. The molecule has 0 spiro atoms. The molecule has 1 aliphatic carbocycles. The summed E-state index contributed by atoms with van der Waals surface area (Å²) in [4.78, 5) is 30.9. The maximum absolute atomic E-state index is 12.7. The summed E-state index contributed by atoms with van der Waals surface area (Å²) >= 11 is 3.33. The third kappa shape index (κ3) is 3.03. The summed E-state index contributed by atoms with van der Waals surface area (Å²) in [5.41, 5.74) is 0.466. The molecule has 0 N–H and O–H groups in total. The maximum Gasteiger partial charge on any atom is 0.272 e. The summed E-state index contributed by atoms with van der Waals surface area (Å²) in [6.45, 7) is 0.741. The van der Waals surface area contributed by atoms with Gasteiger partial charge in [-0.05, 0) is 53.7 Å². The fourth-order valence-corrected chi connectivity index (χ4v) is 3.76. The lowest BCUT2D eigenvalue weighted by Gasteiger charge is -2.32. The molecule has 2 fully saturated rings. The number of nitrogens with zero attached hydrogens (tertiary/aromatic N) is 2. The number of hydrogen-bond acceptors (Lipinski definition) is 3. The van der Waals surface area contributed by atoms with Crippen LogP contribution < -0.4 is 0 Å². The topological polar surface area (TPSA) is 50.3 Å². The van der Waals surface area contributed by atoms with Gasteiger partial charge >= 0.3 is 0 Å². The van der Waals surface area contributed by atoms with Crippen LogP contribution in [-0.2, 0) is 4.79 Å². The van der Waals surface area contributed by atoms with Crippen molar-refractivity contribution >= 4 is 27.6 Å². The van der Waals surface area contributed by atoms with Crippen LogP contribution in [0.5, 0.6) is 0 Å². The van der Waals surface area contributed by atoms with E-state index >= 15 is 0 Å². The molecule has 2 unspecified atom stereocenters. The summed E-state index contributed by atoms with van der Waals surface area (Å²) in [6.07, 6.45) is 7.29. The van der Waals surface area contributed by atoms with Gasteiger partial charge in [0, 0.05) is 35.6 Å². The molecule has 1 saturated heterocycles. The summed E-state index contributed by atoms with van der Waals surface area (Å²) in [5, 5.41) is 0. The molecular formula is C16H19BrN2O2. The van der Waals surface area contributed by atoms with Gasteiger partial charge in [0.2, 0.25) is 0 Å². The Balaban J connectivity index is 1.78. The predicted molar refractivity (Wildman–Crippen MR) is 83.0 cm³/mol. The van der Waals surface area contributed by atoms with Crippen molar-refractivity contribution in [2.75, 3.05) is 6.54 Å². The van der Waals surface area contributed by atoms with E-state index in [1.54, 1.807) is 12.3 Å². The molecule has 3 rings (SSSR count). The highest BCUT2D eigenvalue weighted by Gasteiger charge is 2.39. The number of carbonyl (C=O) groups is 2. The standard InChI is InChI=1S/C16H19BrN2O2/c17-11-7-8-13(18-10-11)16(21)19-9-3-5-14(19)12-4-1-2-6-15(12)20/h7-8,10,12,14H,1-6,9H2. The monoisotopic (exact) mass is 350 g/mol. The van der Waals surface area contributed by atoms with E-state index in [0.717, 1.165) is 43.1 Å². The van der Waals surface area contributed by atoms with Crippen molar-refractivity contribution in [2.24, 2.45) is 5.92 Å². The van der Waals surface area contributed by atoms with Crippen molar-refractivity contribution in [3.05, 3.63) is 28.5 Å². The number of Topliss-reactive ketones (excluding diaryl/α,β-unsaturated/α-hetero) is 1. The predicted octanol–water partition coefficient (Wildman–Crippen LogP) is 3.21. The van der Waals surface area contributed by atoms with Crippen molar-refractivity contribution < 1.29 is 9.59 Å². The molecule has 1 aromatic rings. The average Bonchev–Trinajstić information content (AvgIpc) is 2.97. The van der Waals surface area contributed by atoms with Crippen molar-refractivity contribution in [1.29, 1.82) is 0 Å². The number of carbonyl (C=O) groups excluding carboxylic acids is 2. The molecule has 1 saturated carbocycles. The first-order valence-electron chi connectivity index (χ1n) is 7.62. The zero-order valence-corrected chi connectivity index (χ0v) is 13.5. The summed E-state index contributed by atoms with van der Waals surface area (Å²) in [6, 6.07) is 3.65. The largest absolute Gasteiger partial charge is 0.334 e. The van der Waals surface area contributed by atoms with Crippen molar-refractivity contribution in [3.63, 3.8) is 0 Å². The number of likely N-dealkylation sites (tertiary alicyclic amines) is 1. The molecule has 0 aromatic carbocycles. The quantitative estimate of drug-likeness (QED) is 0.822. The number of ketones is 1.